The average Bonchev–Trinajstić information content (AvgIpc) is 3.59. The fourth-order valence-corrected chi connectivity index (χ4v) is 10.8. The Labute approximate surface area is 482 Å². The summed E-state index contributed by atoms with van der Waals surface area (Å²) in [6.45, 7) is 14.6. The van der Waals surface area contributed by atoms with Gasteiger partial charge in [-0.15, -0.1) is 23.1 Å². The summed E-state index contributed by atoms with van der Waals surface area (Å²) in [5.74, 6) is -0.824. The number of hydrazine groups is 1. The van der Waals surface area contributed by atoms with Crippen molar-refractivity contribution < 1.29 is 66.7 Å². The quantitative estimate of drug-likeness (QED) is 0.0274. The normalized spacial score (nSPS) is 17.3. The molecule has 4 aliphatic rings. The number of hydrogen-bond acceptors (Lipinski definition) is 21. The van der Waals surface area contributed by atoms with Gasteiger partial charge in [0.25, 0.3) is 17.7 Å². The van der Waals surface area contributed by atoms with Gasteiger partial charge in [0.05, 0.1) is 43.6 Å². The van der Waals surface area contributed by atoms with Crippen LogP contribution in [0.3, 0.4) is 0 Å². The van der Waals surface area contributed by atoms with E-state index in [2.05, 4.69) is 31.4 Å². The van der Waals surface area contributed by atoms with Crippen molar-refractivity contribution in [1.82, 2.24) is 35.9 Å². The molecule has 0 bridgehead atoms. The predicted octanol–water partition coefficient (Wildman–Crippen LogP) is 5.64. The largest absolute Gasteiger partial charge is 0.539 e. The standard InChI is InChI=1S/C54H63BClN9O14S2/c1-52(2,3)76-49(70)54(7,8)79-62-39(36-28-81-50(59-36)61-51(71)77-53(4,5)6)45(67)60-40-46(68)65-41(48(69)78-55)31(27-80-47(40)65)23-63-24-35(43-57-21-22-64(43)63)58-44(66)34-19-20-37(74-25-29-11-15-32(72-9)16-12-29)42(38(34)56)75-26-30-13-17-33(73-10)18-14-30/h11-20,28,40,47,57H,21-27,55H2,1-10H3,(H,58,66)(H,60,67)(H,59,61,71)/b62-39-/t40-,47-/m1/s1. The number of ether oxygens (including phenoxy) is 6. The van der Waals surface area contributed by atoms with Crippen LogP contribution in [0.15, 0.2) is 94.0 Å². The minimum absolute atomic E-state index is 0.0138. The van der Waals surface area contributed by atoms with Gasteiger partial charge in [0.15, 0.2) is 22.3 Å². The second-order valence-corrected chi connectivity index (χ2v) is 23.5. The van der Waals surface area contributed by atoms with Gasteiger partial charge in [0.2, 0.25) is 5.60 Å². The summed E-state index contributed by atoms with van der Waals surface area (Å²) in [6.07, 6.45) is -0.790. The summed E-state index contributed by atoms with van der Waals surface area (Å²) in [4.78, 5) is 93.5. The van der Waals surface area contributed by atoms with E-state index >= 15 is 0 Å². The molecule has 0 unspecified atom stereocenters. The topological polar surface area (TPSA) is 259 Å². The van der Waals surface area contributed by atoms with Gasteiger partial charge in [0.1, 0.15) is 64.5 Å². The van der Waals surface area contributed by atoms with Crippen LogP contribution in [0.2, 0.25) is 5.02 Å². The van der Waals surface area contributed by atoms with Gasteiger partial charge in [-0.2, -0.15) is 0 Å². The summed E-state index contributed by atoms with van der Waals surface area (Å²) in [5, 5.41) is 20.4. The molecule has 4 N–H and O–H groups in total. The molecule has 4 aromatic rings. The van der Waals surface area contributed by atoms with E-state index in [1.165, 1.54) is 43.9 Å². The van der Waals surface area contributed by atoms with Crippen LogP contribution in [-0.2, 0) is 51.4 Å². The van der Waals surface area contributed by atoms with Crippen molar-refractivity contribution in [2.75, 3.05) is 51.5 Å². The lowest BCUT2D eigenvalue weighted by Crippen LogP contribution is -2.71. The van der Waals surface area contributed by atoms with Gasteiger partial charge >= 0.3 is 26.1 Å². The molecule has 4 aliphatic heterocycles. The molecule has 2 fully saturated rings. The van der Waals surface area contributed by atoms with Crippen molar-refractivity contribution in [2.24, 2.45) is 5.16 Å². The van der Waals surface area contributed by atoms with E-state index < -0.39 is 69.7 Å². The molecule has 2 saturated heterocycles. The molecule has 23 nitrogen and oxygen atoms in total. The Kier molecular flexibility index (Phi) is 18.0. The fourth-order valence-electron chi connectivity index (χ4n) is 8.49. The van der Waals surface area contributed by atoms with Crippen LogP contribution >= 0.6 is 34.7 Å². The highest BCUT2D eigenvalue weighted by Crippen LogP contribution is 2.43. The summed E-state index contributed by atoms with van der Waals surface area (Å²) >= 11 is 9.34. The lowest BCUT2D eigenvalue weighted by atomic mass is 10.0. The minimum atomic E-state index is -1.69. The monoisotopic (exact) mass is 1170 g/mol. The zero-order chi connectivity index (χ0) is 58.6. The van der Waals surface area contributed by atoms with E-state index in [1.807, 2.05) is 58.5 Å². The number of nitrogens with zero attached hydrogens (tertiary/aromatic N) is 5. The van der Waals surface area contributed by atoms with Gasteiger partial charge in [-0.3, -0.25) is 29.6 Å². The number of thiazole rings is 1. The zero-order valence-corrected chi connectivity index (χ0v) is 49.0. The molecule has 0 radical (unpaired) electrons. The van der Waals surface area contributed by atoms with Crippen molar-refractivity contribution in [3.05, 3.63) is 116 Å². The summed E-state index contributed by atoms with van der Waals surface area (Å²) in [6, 6.07) is 16.8. The number of nitrogens with one attached hydrogen (secondary N) is 4. The number of oxime groups is 1. The number of methoxy groups -OCH3 is 2. The number of anilines is 1. The van der Waals surface area contributed by atoms with Crippen LogP contribution in [-0.4, -0.2) is 144 Å². The second kappa shape index (κ2) is 24.6. The fraction of sp³-hybridized carbons (Fsp3) is 0.407. The van der Waals surface area contributed by atoms with Crippen molar-refractivity contribution in [2.45, 2.75) is 96.8 Å². The molecule has 0 spiro atoms. The molecule has 430 valence electrons. The molecule has 2 atom stereocenters. The third kappa shape index (κ3) is 14.1. The third-order valence-corrected chi connectivity index (χ3v) is 14.9. The van der Waals surface area contributed by atoms with Crippen LogP contribution in [0, 0.1) is 0 Å². The molecule has 0 saturated carbocycles. The Morgan fingerprint density at radius 3 is 2.12 bits per heavy atom. The minimum Gasteiger partial charge on any atom is -0.539 e. The van der Waals surface area contributed by atoms with Crippen molar-refractivity contribution in [3.8, 4) is 23.0 Å². The Morgan fingerprint density at radius 1 is 0.864 bits per heavy atom. The van der Waals surface area contributed by atoms with E-state index in [4.69, 9.17) is 49.5 Å². The summed E-state index contributed by atoms with van der Waals surface area (Å²) in [7, 11) is 4.38. The molecule has 81 heavy (non-hydrogen) atoms. The number of carbonyl (C=O) groups is 6. The predicted molar refractivity (Wildman–Crippen MR) is 303 cm³/mol. The van der Waals surface area contributed by atoms with Gasteiger partial charge in [-0.05, 0) is 108 Å². The maximum atomic E-state index is 14.3. The number of amides is 4. The van der Waals surface area contributed by atoms with Gasteiger partial charge in [-0.1, -0.05) is 41.0 Å². The Balaban J connectivity index is 0.980. The highest BCUT2D eigenvalue weighted by atomic mass is 35.5. The molecule has 27 heteroatoms. The number of fused-ring (bicyclic) bond motifs is 2. The molecular weight excluding hydrogens is 1110 g/mol. The van der Waals surface area contributed by atoms with Crippen LogP contribution < -0.4 is 40.2 Å². The Hall–Kier alpha value is -7.68. The van der Waals surface area contributed by atoms with Crippen molar-refractivity contribution in [3.63, 3.8) is 0 Å². The van der Waals surface area contributed by atoms with E-state index in [1.54, 1.807) is 67.9 Å². The SMILES string of the molecule is BOC(=O)C1=C(CN2CC(NC(=O)c3ccc(OCc4ccc(OC)cc4)c(OCc4ccc(OC)cc4)c3Cl)=C3NCCN32)CS[C@@H]2[C@H](NC(=O)/C(=N\OC(C)(C)C(=O)OC(C)(C)C)c3csc(NC(=O)OC(C)(C)C)n3)C(=O)N12. The first-order valence-corrected chi connectivity index (χ1v) is 27.8. The van der Waals surface area contributed by atoms with E-state index in [-0.39, 0.29) is 64.9 Å². The molecule has 5 heterocycles. The molecule has 3 aromatic carbocycles. The number of β-lactam (4-membered cyclic amide) rings is 1. The number of benzene rings is 3. The highest BCUT2D eigenvalue weighted by Gasteiger charge is 2.55. The number of halogens is 1. The lowest BCUT2D eigenvalue weighted by molar-refractivity contribution is -0.179. The summed E-state index contributed by atoms with van der Waals surface area (Å²) < 4.78 is 39.2. The summed E-state index contributed by atoms with van der Waals surface area (Å²) in [5.41, 5.74) is -0.952. The van der Waals surface area contributed by atoms with Crippen LogP contribution in [0.4, 0.5) is 9.93 Å². The first-order chi connectivity index (χ1) is 38.4. The van der Waals surface area contributed by atoms with Gasteiger partial charge in [0, 0.05) is 24.2 Å². The Morgan fingerprint density at radius 2 is 1.51 bits per heavy atom. The first-order valence-electron chi connectivity index (χ1n) is 25.5. The molecule has 4 amide bonds. The number of hydrogen-bond donors (Lipinski definition) is 4. The van der Waals surface area contributed by atoms with Crippen LogP contribution in [0.5, 0.6) is 23.0 Å². The second-order valence-electron chi connectivity index (χ2n) is 21.2. The maximum absolute atomic E-state index is 14.3. The number of carbonyl (C=O) groups excluding carboxylic acids is 6. The van der Waals surface area contributed by atoms with Gasteiger partial charge in [-0.25, -0.2) is 24.4 Å². The Bertz CT molecular complexity index is 3180. The number of rotatable bonds is 20. The van der Waals surface area contributed by atoms with Crippen LogP contribution in [0.25, 0.3) is 0 Å². The van der Waals surface area contributed by atoms with Crippen molar-refractivity contribution >= 4 is 89.3 Å². The lowest BCUT2D eigenvalue weighted by Gasteiger charge is -2.50. The van der Waals surface area contributed by atoms with E-state index in [0.717, 1.165) is 22.5 Å². The smallest absolute Gasteiger partial charge is 0.413 e. The third-order valence-electron chi connectivity index (χ3n) is 12.4. The molecule has 8 rings (SSSR count). The molecular formula is C54H63BClN9O14S2. The first kappa shape index (κ1) is 59.4. The number of aromatic nitrogens is 1. The number of esters is 1. The molecule has 0 aliphatic carbocycles. The highest BCUT2D eigenvalue weighted by molar-refractivity contribution is 8.00. The molecule has 1 aromatic heterocycles. The number of thioether (sulfide) groups is 1. The van der Waals surface area contributed by atoms with E-state index in [0.29, 0.717) is 47.4 Å². The average molecular weight is 1170 g/mol. The van der Waals surface area contributed by atoms with Crippen molar-refractivity contribution in [1.29, 1.82) is 0 Å². The van der Waals surface area contributed by atoms with E-state index in [9.17, 15) is 28.8 Å². The zero-order valence-electron chi connectivity index (χ0n) is 46.6. The van der Waals surface area contributed by atoms with Crippen LogP contribution in [0.1, 0.15) is 82.6 Å². The maximum Gasteiger partial charge on any atom is 0.413 e. The van der Waals surface area contributed by atoms with Gasteiger partial charge < -0.3 is 53.9 Å².